The van der Waals surface area contributed by atoms with Crippen molar-refractivity contribution in [1.29, 1.82) is 0 Å². The molecule has 3 nitrogen and oxygen atoms in total. The first-order chi connectivity index (χ1) is 7.02. The molecule has 1 unspecified atom stereocenters. The summed E-state index contributed by atoms with van der Waals surface area (Å²) < 4.78 is 1.88. The molecule has 1 atom stereocenters. The summed E-state index contributed by atoms with van der Waals surface area (Å²) in [6, 6.07) is 0.351. The first-order valence-electron chi connectivity index (χ1n) is 5.08. The van der Waals surface area contributed by atoms with E-state index >= 15 is 0 Å². The SMILES string of the molecule is CC1(C)CCSCC1n1ncc(Cl)c1N. The van der Waals surface area contributed by atoms with Crippen LogP contribution < -0.4 is 5.73 Å². The molecule has 2 heterocycles. The molecular formula is C10H16ClN3S. The molecular weight excluding hydrogens is 230 g/mol. The van der Waals surface area contributed by atoms with E-state index in [1.54, 1.807) is 6.20 Å². The Bertz CT molecular complexity index is 362. The summed E-state index contributed by atoms with van der Waals surface area (Å²) in [5.41, 5.74) is 6.16. The molecule has 0 saturated carbocycles. The molecule has 2 N–H and O–H groups in total. The predicted molar refractivity (Wildman–Crippen MR) is 66.4 cm³/mol. The fourth-order valence-corrected chi connectivity index (χ4v) is 3.71. The molecule has 1 aliphatic rings. The highest BCUT2D eigenvalue weighted by molar-refractivity contribution is 7.99. The van der Waals surface area contributed by atoms with E-state index in [9.17, 15) is 0 Å². The van der Waals surface area contributed by atoms with Crippen LogP contribution in [0.4, 0.5) is 5.82 Å². The van der Waals surface area contributed by atoms with E-state index in [0.29, 0.717) is 16.9 Å². The molecule has 5 heteroatoms. The lowest BCUT2D eigenvalue weighted by Gasteiger charge is -2.38. The third kappa shape index (κ3) is 1.97. The number of anilines is 1. The highest BCUT2D eigenvalue weighted by atomic mass is 35.5. The van der Waals surface area contributed by atoms with Gasteiger partial charge in [-0.3, -0.25) is 0 Å². The molecule has 0 aromatic carbocycles. The minimum absolute atomic E-state index is 0.245. The number of nitrogen functional groups attached to an aromatic ring is 1. The molecule has 1 fully saturated rings. The van der Waals surface area contributed by atoms with Crippen LogP contribution in [0.25, 0.3) is 0 Å². The minimum Gasteiger partial charge on any atom is -0.383 e. The van der Waals surface area contributed by atoms with Crippen molar-refractivity contribution in [2.75, 3.05) is 17.2 Å². The van der Waals surface area contributed by atoms with Crippen LogP contribution in [0.3, 0.4) is 0 Å². The van der Waals surface area contributed by atoms with Crippen LogP contribution >= 0.6 is 23.4 Å². The maximum atomic E-state index is 5.93. The second kappa shape index (κ2) is 3.91. The number of aromatic nitrogens is 2. The molecule has 1 saturated heterocycles. The van der Waals surface area contributed by atoms with Crippen LogP contribution in [0.1, 0.15) is 26.3 Å². The van der Waals surface area contributed by atoms with E-state index < -0.39 is 0 Å². The lowest BCUT2D eigenvalue weighted by atomic mass is 9.82. The Hall–Kier alpha value is -0.350. The zero-order valence-electron chi connectivity index (χ0n) is 9.03. The number of rotatable bonds is 1. The Labute approximate surface area is 99.4 Å². The zero-order chi connectivity index (χ0) is 11.1. The fourth-order valence-electron chi connectivity index (χ4n) is 1.92. The molecule has 15 heavy (non-hydrogen) atoms. The summed E-state index contributed by atoms with van der Waals surface area (Å²) in [6.07, 6.45) is 2.82. The van der Waals surface area contributed by atoms with Crippen molar-refractivity contribution in [2.45, 2.75) is 26.3 Å². The molecule has 0 aliphatic carbocycles. The number of hydrogen-bond donors (Lipinski definition) is 1. The molecule has 1 aliphatic heterocycles. The highest BCUT2D eigenvalue weighted by Gasteiger charge is 2.35. The zero-order valence-corrected chi connectivity index (χ0v) is 10.6. The van der Waals surface area contributed by atoms with Crippen molar-refractivity contribution in [3.8, 4) is 0 Å². The Morgan fingerprint density at radius 1 is 1.67 bits per heavy atom. The first-order valence-corrected chi connectivity index (χ1v) is 6.62. The minimum atomic E-state index is 0.245. The Balaban J connectivity index is 2.33. The van der Waals surface area contributed by atoms with E-state index in [-0.39, 0.29) is 5.41 Å². The van der Waals surface area contributed by atoms with E-state index in [4.69, 9.17) is 17.3 Å². The van der Waals surface area contributed by atoms with Crippen molar-refractivity contribution in [2.24, 2.45) is 5.41 Å². The molecule has 84 valence electrons. The lowest BCUT2D eigenvalue weighted by molar-refractivity contribution is 0.211. The van der Waals surface area contributed by atoms with Gasteiger partial charge in [0.1, 0.15) is 10.8 Å². The summed E-state index contributed by atoms with van der Waals surface area (Å²) >= 11 is 7.89. The summed E-state index contributed by atoms with van der Waals surface area (Å²) in [6.45, 7) is 4.54. The van der Waals surface area contributed by atoms with Gasteiger partial charge in [-0.05, 0) is 17.6 Å². The predicted octanol–water partition coefficient (Wildman–Crippen LogP) is 2.82. The van der Waals surface area contributed by atoms with Crippen LogP contribution in [0, 0.1) is 5.41 Å². The van der Waals surface area contributed by atoms with Crippen LogP contribution in [-0.4, -0.2) is 21.3 Å². The summed E-state index contributed by atoms with van der Waals surface area (Å²) in [4.78, 5) is 0. The van der Waals surface area contributed by atoms with E-state index in [1.807, 2.05) is 16.4 Å². The van der Waals surface area contributed by atoms with Crippen molar-refractivity contribution < 1.29 is 0 Å². The normalized spacial score (nSPS) is 25.4. The molecule has 0 radical (unpaired) electrons. The summed E-state index contributed by atoms with van der Waals surface area (Å²) in [5.74, 6) is 2.88. The monoisotopic (exact) mass is 245 g/mol. The number of thioether (sulfide) groups is 1. The van der Waals surface area contributed by atoms with Crippen molar-refractivity contribution in [3.63, 3.8) is 0 Å². The van der Waals surface area contributed by atoms with Gasteiger partial charge in [0.15, 0.2) is 0 Å². The second-order valence-electron chi connectivity index (χ2n) is 4.65. The van der Waals surface area contributed by atoms with Gasteiger partial charge in [-0.15, -0.1) is 0 Å². The average molecular weight is 246 g/mol. The molecule has 0 amide bonds. The fraction of sp³-hybridized carbons (Fsp3) is 0.700. The van der Waals surface area contributed by atoms with Crippen molar-refractivity contribution in [1.82, 2.24) is 9.78 Å². The second-order valence-corrected chi connectivity index (χ2v) is 6.21. The number of hydrogen-bond acceptors (Lipinski definition) is 3. The number of nitrogens with two attached hydrogens (primary N) is 1. The van der Waals surface area contributed by atoms with Crippen LogP contribution in [-0.2, 0) is 0 Å². The maximum absolute atomic E-state index is 5.93. The van der Waals surface area contributed by atoms with Crippen molar-refractivity contribution >= 4 is 29.2 Å². The van der Waals surface area contributed by atoms with Gasteiger partial charge in [0.2, 0.25) is 0 Å². The lowest BCUT2D eigenvalue weighted by Crippen LogP contribution is -2.34. The third-order valence-electron chi connectivity index (χ3n) is 3.15. The van der Waals surface area contributed by atoms with Gasteiger partial charge in [-0.2, -0.15) is 16.9 Å². The van der Waals surface area contributed by atoms with E-state index in [2.05, 4.69) is 18.9 Å². The standard InChI is InChI=1S/C10H16ClN3S/c1-10(2)3-4-15-6-8(10)14-9(12)7(11)5-13-14/h5,8H,3-4,6,12H2,1-2H3. The number of nitrogens with zero attached hydrogens (tertiary/aromatic N) is 2. The van der Waals surface area contributed by atoms with Gasteiger partial charge in [0, 0.05) is 5.75 Å². The molecule has 1 aromatic heterocycles. The smallest absolute Gasteiger partial charge is 0.140 e. The Morgan fingerprint density at radius 3 is 2.93 bits per heavy atom. The third-order valence-corrected chi connectivity index (χ3v) is 4.49. The number of halogens is 1. The summed E-state index contributed by atoms with van der Waals surface area (Å²) in [5, 5.41) is 4.84. The maximum Gasteiger partial charge on any atom is 0.140 e. The molecule has 0 bridgehead atoms. The van der Waals surface area contributed by atoms with Gasteiger partial charge in [0.05, 0.1) is 12.2 Å². The van der Waals surface area contributed by atoms with Gasteiger partial charge in [-0.25, -0.2) is 4.68 Å². The van der Waals surface area contributed by atoms with Crippen LogP contribution in [0.5, 0.6) is 0 Å². The van der Waals surface area contributed by atoms with Gasteiger partial charge >= 0.3 is 0 Å². The topological polar surface area (TPSA) is 43.8 Å². The van der Waals surface area contributed by atoms with Gasteiger partial charge < -0.3 is 5.73 Å². The summed E-state index contributed by atoms with van der Waals surface area (Å²) in [7, 11) is 0. The molecule has 2 rings (SSSR count). The average Bonchev–Trinajstić information content (AvgIpc) is 2.48. The largest absolute Gasteiger partial charge is 0.383 e. The Kier molecular flexibility index (Phi) is 2.90. The molecule has 1 aromatic rings. The van der Waals surface area contributed by atoms with Gasteiger partial charge in [0.25, 0.3) is 0 Å². The molecule has 0 spiro atoms. The van der Waals surface area contributed by atoms with Crippen LogP contribution in [0.15, 0.2) is 6.20 Å². The van der Waals surface area contributed by atoms with Crippen LogP contribution in [0.2, 0.25) is 5.02 Å². The van der Waals surface area contributed by atoms with E-state index in [1.165, 1.54) is 12.2 Å². The quantitative estimate of drug-likeness (QED) is 0.828. The highest BCUT2D eigenvalue weighted by Crippen LogP contribution is 2.43. The van der Waals surface area contributed by atoms with Crippen molar-refractivity contribution in [3.05, 3.63) is 11.2 Å². The first kappa shape index (κ1) is 11.1. The van der Waals surface area contributed by atoms with Gasteiger partial charge in [-0.1, -0.05) is 25.4 Å². The Morgan fingerprint density at radius 2 is 2.40 bits per heavy atom. The van der Waals surface area contributed by atoms with E-state index in [0.717, 1.165) is 5.75 Å².